The van der Waals surface area contributed by atoms with Crippen LogP contribution in [-0.2, 0) is 81.1 Å². The Labute approximate surface area is 607 Å². The van der Waals surface area contributed by atoms with Crippen molar-refractivity contribution >= 4 is 108 Å². The van der Waals surface area contributed by atoms with E-state index in [1.54, 1.807) is 69.9 Å². The SMILES string of the molecule is Cc1ncsc1-c1ccc([C@H](CO)NC(=O)[C@@H]2C[C@@H](O)CN2C(=O)[C@@H](NC(=O)COCCCOCCNC(=O)c2[nH]c3c(=O)n(C)cc4c3c2CN(c2ccccc2)c2ccc(NC(=O)[C@H](C)NC(=O)[C@H](C)NC(=O)CN3C(=O)[C@@H](N5C(=O)C=CC5=O)C[C@H]3COCCS(=O)(=O)O)cc2-4)C(C)(C)C)cc1. The standard InChI is InChI=1S/C71H85N13O19S2/c1-39-62(104-38-73-39)43-16-14-42(15-17-43)51(35-85)77-66(93)53-30-47(86)31-83(53)70(97)63(71(4,5)6)78-56(88)37-102-24-11-23-101-25-22-72-67(94)60-50-33-81(45-12-9-8-10-13-45)52-19-18-44(28-48(52)49-32-80(7)69(96)61(79-60)59(49)50)76-65(92)41(3)75-64(91)40(2)74-55(87)34-82-46(36-103-26-27-105(98,99)100)29-54(68(82)95)84-57(89)20-21-58(84)90/h8-10,12-21,28,32,38,40-41,46-47,51,53-54,63,79,85-86H,11,22-27,29-31,33-37H2,1-7H3,(H,72,94)(H,74,87)(H,75,91)(H,76,92)(H,77,93)(H,78,88)(H,98,99,100)/t40-,41-,46-,47+,51-,53-,54-,63+/m0/s1. The number of hydrogen-bond acceptors (Lipinski definition) is 21. The topological polar surface area (TPSA) is 429 Å². The van der Waals surface area contributed by atoms with Crippen LogP contribution in [0.1, 0.15) is 87.2 Å². The first-order chi connectivity index (χ1) is 49.9. The zero-order valence-electron chi connectivity index (χ0n) is 58.8. The predicted molar refractivity (Wildman–Crippen MR) is 384 cm³/mol. The molecule has 2 fully saturated rings. The predicted octanol–water partition coefficient (Wildman–Crippen LogP) is 1.86. The Morgan fingerprint density at radius 1 is 0.819 bits per heavy atom. The minimum atomic E-state index is -4.39. The van der Waals surface area contributed by atoms with Crippen molar-refractivity contribution < 1.29 is 85.3 Å². The van der Waals surface area contributed by atoms with E-state index >= 15 is 0 Å². The van der Waals surface area contributed by atoms with Crippen molar-refractivity contribution in [3.63, 3.8) is 0 Å². The van der Waals surface area contributed by atoms with Crippen LogP contribution in [0.2, 0.25) is 0 Å². The summed E-state index contributed by atoms with van der Waals surface area (Å²) in [4.78, 5) is 163. The number of H-pyrrole nitrogens is 1. The first-order valence-electron chi connectivity index (χ1n) is 34.0. The lowest BCUT2D eigenvalue weighted by Crippen LogP contribution is -2.58. The number of nitrogens with one attached hydrogen (secondary N) is 7. The number of aliphatic hydroxyl groups is 2. The van der Waals surface area contributed by atoms with Crippen molar-refractivity contribution in [2.24, 2.45) is 12.5 Å². The number of β-amino-alcohol motifs (C(OH)–C–C–N with tert-alkyl or cyclic N) is 1. The molecule has 0 unspecified atom stereocenters. The number of aromatic amines is 1. The lowest BCUT2D eigenvalue weighted by molar-refractivity contribution is -0.147. The Hall–Kier alpha value is -10.1. The van der Waals surface area contributed by atoms with Gasteiger partial charge >= 0.3 is 0 Å². The van der Waals surface area contributed by atoms with Gasteiger partial charge in [-0.15, -0.1) is 11.3 Å². The number of aliphatic hydroxyl groups excluding tert-OH is 2. The van der Waals surface area contributed by atoms with Crippen molar-refractivity contribution in [3.05, 3.63) is 130 Å². The lowest BCUT2D eigenvalue weighted by atomic mass is 9.85. The molecule has 0 radical (unpaired) electrons. The number of para-hydroxylation sites is 1. The van der Waals surface area contributed by atoms with Gasteiger partial charge in [0.25, 0.3) is 33.4 Å². The monoisotopic (exact) mass is 1490 g/mol. The number of fused-ring (bicyclic) bond motifs is 2. The van der Waals surface area contributed by atoms with Crippen molar-refractivity contribution in [1.82, 2.24) is 55.8 Å². The lowest BCUT2D eigenvalue weighted by Gasteiger charge is -2.35. The summed E-state index contributed by atoms with van der Waals surface area (Å²) in [7, 11) is -2.82. The molecule has 3 aromatic heterocycles. The summed E-state index contributed by atoms with van der Waals surface area (Å²) in [5, 5.41) is 38.0. The van der Waals surface area contributed by atoms with Crippen molar-refractivity contribution in [3.8, 4) is 21.6 Å². The second-order valence-electron chi connectivity index (χ2n) is 27.1. The summed E-state index contributed by atoms with van der Waals surface area (Å²) in [5.41, 5.74) is 6.51. The Balaban J connectivity index is 0.713. The number of aromatic nitrogens is 3. The smallest absolute Gasteiger partial charge is 0.274 e. The van der Waals surface area contributed by atoms with Gasteiger partial charge in [-0.3, -0.25) is 62.2 Å². The number of pyridine rings is 1. The molecule has 6 aromatic rings. The molecule has 32 nitrogen and oxygen atoms in total. The molecule has 10 N–H and O–H groups in total. The molecule has 0 aliphatic carbocycles. The molecular weight excluding hydrogens is 1400 g/mol. The zero-order valence-corrected chi connectivity index (χ0v) is 60.5. The summed E-state index contributed by atoms with van der Waals surface area (Å²) in [6, 6.07) is 14.1. The van der Waals surface area contributed by atoms with Crippen LogP contribution >= 0.6 is 11.3 Å². The van der Waals surface area contributed by atoms with Crippen LogP contribution in [0.3, 0.4) is 0 Å². The maximum absolute atomic E-state index is 14.3. The van der Waals surface area contributed by atoms with Gasteiger partial charge in [-0.05, 0) is 74.1 Å². The van der Waals surface area contributed by atoms with Crippen molar-refractivity contribution in [1.29, 1.82) is 0 Å². The molecule has 10 amide bonds. The third kappa shape index (κ3) is 18.4. The molecule has 0 bridgehead atoms. The molecule has 34 heteroatoms. The van der Waals surface area contributed by atoms with Gasteiger partial charge in [0.2, 0.25) is 41.4 Å². The van der Waals surface area contributed by atoms with Gasteiger partial charge in [-0.1, -0.05) is 63.2 Å². The van der Waals surface area contributed by atoms with Gasteiger partial charge in [0.05, 0.1) is 79.5 Å². The molecular formula is C71H85N13O19S2. The number of ether oxygens (including phenoxy) is 3. The Bertz CT molecular complexity index is 4500. The van der Waals surface area contributed by atoms with Crippen LogP contribution in [-0.4, -0.2) is 225 Å². The summed E-state index contributed by atoms with van der Waals surface area (Å²) < 4.78 is 49.9. The van der Waals surface area contributed by atoms with Gasteiger partial charge < -0.3 is 80.6 Å². The number of amides is 10. The fourth-order valence-electron chi connectivity index (χ4n) is 13.0. The highest BCUT2D eigenvalue weighted by Crippen LogP contribution is 2.45. The van der Waals surface area contributed by atoms with E-state index in [0.717, 1.165) is 43.8 Å². The summed E-state index contributed by atoms with van der Waals surface area (Å²) in [6.45, 7) is 8.04. The van der Waals surface area contributed by atoms with E-state index < -0.39 is 161 Å². The van der Waals surface area contributed by atoms with E-state index in [0.29, 0.717) is 39.7 Å². The third-order valence-electron chi connectivity index (χ3n) is 18.4. The fraction of sp³-hybridized carbons (Fsp3) is 0.437. The number of carbonyl (C=O) groups excluding carboxylic acids is 10. The quantitative estimate of drug-likeness (QED) is 0.0169. The van der Waals surface area contributed by atoms with Crippen LogP contribution in [0.5, 0.6) is 0 Å². The van der Waals surface area contributed by atoms with Crippen molar-refractivity contribution in [2.45, 2.75) is 116 Å². The largest absolute Gasteiger partial charge is 0.394 e. The van der Waals surface area contributed by atoms with E-state index in [9.17, 15) is 71.4 Å². The molecule has 7 heterocycles. The van der Waals surface area contributed by atoms with Crippen LogP contribution < -0.4 is 42.4 Å². The first kappa shape index (κ1) is 77.5. The number of aryl methyl sites for hydroxylation is 2. The molecule has 4 aliphatic heterocycles. The van der Waals surface area contributed by atoms with E-state index in [4.69, 9.17) is 18.8 Å². The molecule has 560 valence electrons. The highest BCUT2D eigenvalue weighted by atomic mass is 32.2. The Morgan fingerprint density at radius 2 is 1.52 bits per heavy atom. The normalized spacial score (nSPS) is 18.4. The minimum Gasteiger partial charge on any atom is -0.394 e. The Kier molecular flexibility index (Phi) is 24.6. The summed E-state index contributed by atoms with van der Waals surface area (Å²) in [6.07, 6.45) is 2.77. The van der Waals surface area contributed by atoms with Crippen LogP contribution in [0.15, 0.2) is 101 Å². The van der Waals surface area contributed by atoms with Crippen molar-refractivity contribution in [2.75, 3.05) is 81.9 Å². The number of rotatable bonds is 31. The molecule has 2 saturated heterocycles. The molecule has 8 atom stereocenters. The van der Waals surface area contributed by atoms with Gasteiger partial charge in [0.15, 0.2) is 0 Å². The third-order valence-corrected chi connectivity index (χ3v) is 20.1. The van der Waals surface area contributed by atoms with Gasteiger partial charge in [0, 0.05) is 104 Å². The molecule has 10 rings (SSSR count). The molecule has 0 saturated carbocycles. The van der Waals surface area contributed by atoms with E-state index in [1.807, 2.05) is 54.3 Å². The average molecular weight is 1490 g/mol. The number of benzene rings is 3. The maximum atomic E-state index is 14.3. The highest BCUT2D eigenvalue weighted by molar-refractivity contribution is 7.85. The second-order valence-corrected chi connectivity index (χ2v) is 29.6. The zero-order chi connectivity index (χ0) is 75.8. The number of anilines is 3. The average Bonchev–Trinajstić information content (AvgIpc) is 1.57. The van der Waals surface area contributed by atoms with Gasteiger partial charge in [-0.25, -0.2) is 4.98 Å². The highest BCUT2D eigenvalue weighted by Gasteiger charge is 2.48. The first-order valence-corrected chi connectivity index (χ1v) is 36.5. The summed E-state index contributed by atoms with van der Waals surface area (Å²) in [5.74, 6) is -7.56. The summed E-state index contributed by atoms with van der Waals surface area (Å²) >= 11 is 1.50. The van der Waals surface area contributed by atoms with Gasteiger partial charge in [0.1, 0.15) is 48.0 Å². The number of thiazole rings is 1. The minimum absolute atomic E-state index is 0.0472. The second kappa shape index (κ2) is 33.4. The molecule has 4 aliphatic rings. The van der Waals surface area contributed by atoms with Gasteiger partial charge in [-0.2, -0.15) is 8.42 Å². The number of nitrogens with zero attached hydrogens (tertiary/aromatic N) is 6. The number of carbonyl (C=O) groups is 10. The maximum Gasteiger partial charge on any atom is 0.274 e. The number of imide groups is 1. The van der Waals surface area contributed by atoms with E-state index in [2.05, 4.69) is 41.9 Å². The van der Waals surface area contributed by atoms with Crippen LogP contribution in [0, 0.1) is 12.3 Å². The van der Waals surface area contributed by atoms with E-state index in [1.165, 1.54) is 34.7 Å². The number of likely N-dealkylation sites (tertiary alicyclic amines) is 2. The Morgan fingerprint density at radius 3 is 2.20 bits per heavy atom. The fourth-order valence-corrected chi connectivity index (χ4v) is 14.2. The number of hydrogen-bond donors (Lipinski definition) is 10. The van der Waals surface area contributed by atoms with Crippen LogP contribution in [0.4, 0.5) is 17.1 Å². The molecule has 0 spiro atoms. The van der Waals surface area contributed by atoms with E-state index in [-0.39, 0.29) is 75.8 Å². The molecule has 105 heavy (non-hydrogen) atoms. The molecule has 3 aromatic carbocycles. The van der Waals surface area contributed by atoms with Crippen LogP contribution in [0.25, 0.3) is 32.5 Å².